The Morgan fingerprint density at radius 3 is 2.06 bits per heavy atom. The number of methoxy groups -OCH3 is 3. The Hall–Kier alpha value is -2.44. The number of hydrogen-bond donors (Lipinski definition) is 2. The quantitative estimate of drug-likeness (QED) is 0.446. The molecule has 0 saturated heterocycles. The Morgan fingerprint density at radius 1 is 1.00 bits per heavy atom. The summed E-state index contributed by atoms with van der Waals surface area (Å²) >= 11 is 0. The lowest BCUT2D eigenvalue weighted by Gasteiger charge is -2.11. The first-order valence-electron chi connectivity index (χ1n) is 5.04. The van der Waals surface area contributed by atoms with Crippen molar-refractivity contribution in [2.45, 2.75) is 0 Å². The monoisotopic (exact) mass is 252 g/mol. The number of nitrogens with zero attached hydrogens (tertiary/aromatic N) is 2. The fraction of sp³-hybridized carbons (Fsp3) is 0.273. The minimum absolute atomic E-state index is 0.120. The molecule has 7 nitrogen and oxygen atoms in total. The maximum Gasteiger partial charge on any atom is 0.211 e. The molecule has 0 spiro atoms. The van der Waals surface area contributed by atoms with Crippen LogP contribution in [0.5, 0.6) is 17.2 Å². The van der Waals surface area contributed by atoms with E-state index < -0.39 is 0 Å². The normalized spacial score (nSPS) is 10.2. The number of nitrogens with two attached hydrogens (primary N) is 2. The van der Waals surface area contributed by atoms with Crippen LogP contribution < -0.4 is 25.7 Å². The predicted molar refractivity (Wildman–Crippen MR) is 69.5 cm³/mol. The molecule has 0 saturated carbocycles. The third-order valence-electron chi connectivity index (χ3n) is 2.11. The van der Waals surface area contributed by atoms with E-state index in [9.17, 15) is 0 Å². The number of ether oxygens (including phenoxy) is 3. The number of rotatable bonds is 5. The van der Waals surface area contributed by atoms with Crippen LogP contribution in [0.4, 0.5) is 0 Å². The van der Waals surface area contributed by atoms with Gasteiger partial charge in [-0.05, 0) is 6.07 Å². The van der Waals surface area contributed by atoms with Crippen molar-refractivity contribution in [1.29, 1.82) is 0 Å². The molecular weight excluding hydrogens is 236 g/mol. The molecule has 0 radical (unpaired) electrons. The van der Waals surface area contributed by atoms with Crippen LogP contribution in [0, 0.1) is 0 Å². The van der Waals surface area contributed by atoms with E-state index in [2.05, 4.69) is 10.2 Å². The highest BCUT2D eigenvalue weighted by molar-refractivity contribution is 5.86. The average molecular weight is 252 g/mol. The first-order valence-corrected chi connectivity index (χ1v) is 5.04. The van der Waals surface area contributed by atoms with Gasteiger partial charge in [0.15, 0.2) is 11.5 Å². The van der Waals surface area contributed by atoms with Crippen molar-refractivity contribution in [3.05, 3.63) is 17.7 Å². The minimum atomic E-state index is -0.120. The lowest BCUT2D eigenvalue weighted by atomic mass is 10.2. The van der Waals surface area contributed by atoms with Gasteiger partial charge in [-0.3, -0.25) is 0 Å². The van der Waals surface area contributed by atoms with Crippen molar-refractivity contribution < 1.29 is 14.2 Å². The number of hydrogen-bond acceptors (Lipinski definition) is 5. The lowest BCUT2D eigenvalue weighted by molar-refractivity contribution is 0.349. The van der Waals surface area contributed by atoms with Gasteiger partial charge < -0.3 is 25.7 Å². The molecule has 1 rings (SSSR count). The van der Waals surface area contributed by atoms with Crippen LogP contribution in [0.25, 0.3) is 0 Å². The zero-order valence-corrected chi connectivity index (χ0v) is 10.5. The molecule has 0 aliphatic carbocycles. The second kappa shape index (κ2) is 6.33. The number of guanidine groups is 1. The molecule has 7 heteroatoms. The van der Waals surface area contributed by atoms with Crippen LogP contribution in [-0.4, -0.2) is 33.5 Å². The highest BCUT2D eigenvalue weighted by Crippen LogP contribution is 2.33. The summed E-state index contributed by atoms with van der Waals surface area (Å²) in [7, 11) is 4.63. The fourth-order valence-electron chi connectivity index (χ4n) is 1.31. The Bertz CT molecular complexity index is 468. The molecule has 0 bridgehead atoms. The summed E-state index contributed by atoms with van der Waals surface area (Å²) in [4.78, 5) is 0. The van der Waals surface area contributed by atoms with Crippen LogP contribution in [0.1, 0.15) is 5.56 Å². The topological polar surface area (TPSA) is 104 Å². The predicted octanol–water partition coefficient (Wildman–Crippen LogP) is 0.320. The second-order valence-corrected chi connectivity index (χ2v) is 3.22. The van der Waals surface area contributed by atoms with Gasteiger partial charge in [0.1, 0.15) is 5.75 Å². The smallest absolute Gasteiger partial charge is 0.211 e. The standard InChI is InChI=1S/C11H16N4O3/c1-16-8-5-10(18-3)9(17-2)4-7(8)6-14-15-11(12)13/h4-6H,1-3H3,(H4,12,13,15)/b14-6-. The van der Waals surface area contributed by atoms with Crippen molar-refractivity contribution in [2.75, 3.05) is 21.3 Å². The zero-order valence-electron chi connectivity index (χ0n) is 10.5. The Morgan fingerprint density at radius 2 is 1.56 bits per heavy atom. The first-order chi connectivity index (χ1) is 8.62. The Balaban J connectivity index is 3.17. The van der Waals surface area contributed by atoms with E-state index >= 15 is 0 Å². The van der Waals surface area contributed by atoms with Crippen molar-refractivity contribution in [2.24, 2.45) is 21.7 Å². The summed E-state index contributed by atoms with van der Waals surface area (Å²) in [6.45, 7) is 0. The lowest BCUT2D eigenvalue weighted by Crippen LogP contribution is -2.21. The third kappa shape index (κ3) is 3.27. The molecule has 0 fully saturated rings. The maximum atomic E-state index is 5.21. The van der Waals surface area contributed by atoms with E-state index in [0.717, 1.165) is 0 Å². The summed E-state index contributed by atoms with van der Waals surface area (Å²) in [6.07, 6.45) is 1.46. The Kier molecular flexibility index (Phi) is 4.79. The molecule has 0 aliphatic heterocycles. The van der Waals surface area contributed by atoms with Crippen LogP contribution in [0.15, 0.2) is 22.3 Å². The summed E-state index contributed by atoms with van der Waals surface area (Å²) < 4.78 is 15.5. The van der Waals surface area contributed by atoms with Crippen LogP contribution in [0.2, 0.25) is 0 Å². The first kappa shape index (κ1) is 13.6. The van der Waals surface area contributed by atoms with E-state index in [1.165, 1.54) is 6.21 Å². The molecule has 1 aromatic rings. The van der Waals surface area contributed by atoms with Gasteiger partial charge in [-0.1, -0.05) is 0 Å². The minimum Gasteiger partial charge on any atom is -0.496 e. The fourth-order valence-corrected chi connectivity index (χ4v) is 1.31. The molecular formula is C11H16N4O3. The van der Waals surface area contributed by atoms with Crippen LogP contribution in [-0.2, 0) is 0 Å². The molecule has 0 atom stereocenters. The van der Waals surface area contributed by atoms with E-state index in [4.69, 9.17) is 25.7 Å². The third-order valence-corrected chi connectivity index (χ3v) is 2.11. The largest absolute Gasteiger partial charge is 0.496 e. The van der Waals surface area contributed by atoms with Crippen molar-refractivity contribution in [3.63, 3.8) is 0 Å². The highest BCUT2D eigenvalue weighted by atomic mass is 16.5. The second-order valence-electron chi connectivity index (χ2n) is 3.22. The van der Waals surface area contributed by atoms with Gasteiger partial charge in [0.2, 0.25) is 5.96 Å². The Labute approximate surface area is 105 Å². The summed E-state index contributed by atoms with van der Waals surface area (Å²) in [6, 6.07) is 3.40. The molecule has 0 heterocycles. The summed E-state index contributed by atoms with van der Waals surface area (Å²) in [5.74, 6) is 1.57. The molecule has 0 amide bonds. The van der Waals surface area contributed by atoms with Gasteiger partial charge in [0.05, 0.1) is 27.5 Å². The van der Waals surface area contributed by atoms with Gasteiger partial charge in [0, 0.05) is 11.6 Å². The van der Waals surface area contributed by atoms with Crippen molar-refractivity contribution in [3.8, 4) is 17.2 Å². The van der Waals surface area contributed by atoms with Gasteiger partial charge in [0.25, 0.3) is 0 Å². The van der Waals surface area contributed by atoms with E-state index in [1.807, 2.05) is 0 Å². The van der Waals surface area contributed by atoms with E-state index in [1.54, 1.807) is 33.5 Å². The molecule has 1 aromatic carbocycles. The van der Waals surface area contributed by atoms with Crippen LogP contribution in [0.3, 0.4) is 0 Å². The highest BCUT2D eigenvalue weighted by Gasteiger charge is 2.10. The molecule has 0 unspecified atom stereocenters. The zero-order chi connectivity index (χ0) is 13.5. The molecule has 0 aliphatic rings. The van der Waals surface area contributed by atoms with Crippen LogP contribution >= 0.6 is 0 Å². The SMILES string of the molecule is COc1cc(OC)c(OC)cc1/C=N\N=C(N)N. The molecule has 0 aromatic heterocycles. The summed E-state index contributed by atoms with van der Waals surface area (Å²) in [5.41, 5.74) is 11.0. The molecule has 4 N–H and O–H groups in total. The van der Waals surface area contributed by atoms with Gasteiger partial charge in [-0.2, -0.15) is 5.10 Å². The van der Waals surface area contributed by atoms with Gasteiger partial charge >= 0.3 is 0 Å². The average Bonchev–Trinajstić information content (AvgIpc) is 2.37. The summed E-state index contributed by atoms with van der Waals surface area (Å²) in [5, 5.41) is 7.22. The maximum absolute atomic E-state index is 5.21. The van der Waals surface area contributed by atoms with E-state index in [0.29, 0.717) is 22.8 Å². The molecule has 18 heavy (non-hydrogen) atoms. The van der Waals surface area contributed by atoms with E-state index in [-0.39, 0.29) is 5.96 Å². The van der Waals surface area contributed by atoms with Crippen molar-refractivity contribution in [1.82, 2.24) is 0 Å². The van der Waals surface area contributed by atoms with Gasteiger partial charge in [-0.25, -0.2) is 0 Å². The molecule has 98 valence electrons. The van der Waals surface area contributed by atoms with Gasteiger partial charge in [-0.15, -0.1) is 5.10 Å². The number of benzene rings is 1. The van der Waals surface area contributed by atoms with Crippen molar-refractivity contribution >= 4 is 12.2 Å².